The van der Waals surface area contributed by atoms with E-state index in [0.29, 0.717) is 8.64 Å². The van der Waals surface area contributed by atoms with E-state index in [9.17, 15) is 13.2 Å². The predicted molar refractivity (Wildman–Crippen MR) is 75.0 cm³/mol. The molecule has 1 aromatic heterocycles. The molecule has 0 aliphatic carbocycles. The minimum absolute atomic E-state index is 0.0415. The summed E-state index contributed by atoms with van der Waals surface area (Å²) in [5, 5.41) is 0. The molecule has 0 fully saturated rings. The van der Waals surface area contributed by atoms with Crippen molar-refractivity contribution < 1.29 is 13.2 Å². The third-order valence-electron chi connectivity index (χ3n) is 2.23. The van der Waals surface area contributed by atoms with Gasteiger partial charge in [0.1, 0.15) is 4.21 Å². The zero-order valence-electron chi connectivity index (χ0n) is 9.49. The molecule has 0 aliphatic heterocycles. The number of benzene rings is 1. The Morgan fingerprint density at radius 3 is 2.26 bits per heavy atom. The van der Waals surface area contributed by atoms with E-state index in [1.165, 1.54) is 24.3 Å². The maximum Gasteiger partial charge on any atom is 0.333 e. The highest BCUT2D eigenvalue weighted by molar-refractivity contribution is 7.95. The highest BCUT2D eigenvalue weighted by Crippen LogP contribution is 2.30. The lowest BCUT2D eigenvalue weighted by atomic mass is 10.3. The van der Waals surface area contributed by atoms with Crippen molar-refractivity contribution in [3.05, 3.63) is 46.8 Å². The number of anilines is 1. The molecule has 2 N–H and O–H groups in total. The van der Waals surface area contributed by atoms with Gasteiger partial charge in [0.15, 0.2) is 0 Å². The number of nitrogens with two attached hydrogens (primary N) is 1. The van der Waals surface area contributed by atoms with E-state index in [-0.39, 0.29) is 9.90 Å². The van der Waals surface area contributed by atoms with Crippen molar-refractivity contribution >= 4 is 44.7 Å². The topological polar surface area (TPSA) is 80.5 Å². The van der Waals surface area contributed by atoms with Crippen molar-refractivity contribution in [3.63, 3.8) is 0 Å². The Labute approximate surface area is 119 Å². The fourth-order valence-electron chi connectivity index (χ4n) is 1.47. The summed E-state index contributed by atoms with van der Waals surface area (Å²) in [5.41, 5.74) is 5.36. The molecule has 0 spiro atoms. The van der Waals surface area contributed by atoms with Crippen LogP contribution in [0.5, 0.6) is 0 Å². The Hall–Kier alpha value is -1.57. The summed E-state index contributed by atoms with van der Waals surface area (Å²) in [6.07, 6.45) is 0. The van der Waals surface area contributed by atoms with Gasteiger partial charge in [-0.1, -0.05) is 29.8 Å². The minimum Gasteiger partial charge on any atom is -0.350 e. The Bertz CT molecular complexity index is 698. The molecule has 100 valence electrons. The Morgan fingerprint density at radius 1 is 1.16 bits per heavy atom. The Balaban J connectivity index is 2.54. The molecule has 19 heavy (non-hydrogen) atoms. The van der Waals surface area contributed by atoms with Gasteiger partial charge in [0.25, 0.3) is 10.0 Å². The third kappa shape index (κ3) is 2.73. The van der Waals surface area contributed by atoms with E-state index in [4.69, 9.17) is 17.3 Å². The Kier molecular flexibility index (Phi) is 3.79. The number of carbonyl (C=O) groups excluding carboxylic acids is 1. The molecule has 0 saturated carbocycles. The number of hydrogen-bond acceptors (Lipinski definition) is 4. The molecule has 0 radical (unpaired) electrons. The highest BCUT2D eigenvalue weighted by Gasteiger charge is 2.30. The fraction of sp³-hybridized carbons (Fsp3) is 0. The van der Waals surface area contributed by atoms with Gasteiger partial charge in [-0.25, -0.2) is 4.79 Å². The van der Waals surface area contributed by atoms with E-state index in [2.05, 4.69) is 0 Å². The molecule has 2 rings (SSSR count). The van der Waals surface area contributed by atoms with Crippen molar-refractivity contribution in [1.29, 1.82) is 0 Å². The van der Waals surface area contributed by atoms with Gasteiger partial charge in [-0.15, -0.1) is 11.3 Å². The zero-order chi connectivity index (χ0) is 14.0. The average Bonchev–Trinajstić information content (AvgIpc) is 2.77. The van der Waals surface area contributed by atoms with Crippen LogP contribution in [-0.4, -0.2) is 14.4 Å². The maximum atomic E-state index is 12.4. The molecule has 0 bridgehead atoms. The molecule has 1 aromatic carbocycles. The first kappa shape index (κ1) is 13.9. The van der Waals surface area contributed by atoms with Crippen LogP contribution < -0.4 is 10.0 Å². The van der Waals surface area contributed by atoms with Gasteiger partial charge in [-0.2, -0.15) is 12.7 Å². The molecule has 8 heteroatoms. The lowest BCUT2D eigenvalue weighted by Crippen LogP contribution is -2.40. The Morgan fingerprint density at radius 2 is 1.79 bits per heavy atom. The number of primary amides is 1. The largest absolute Gasteiger partial charge is 0.350 e. The number of hydrogen-bond donors (Lipinski definition) is 1. The van der Waals surface area contributed by atoms with Gasteiger partial charge >= 0.3 is 6.03 Å². The van der Waals surface area contributed by atoms with Crippen molar-refractivity contribution in [2.45, 2.75) is 4.21 Å². The first-order chi connectivity index (χ1) is 8.93. The van der Waals surface area contributed by atoms with Crippen molar-refractivity contribution in [2.24, 2.45) is 5.73 Å². The number of urea groups is 1. The monoisotopic (exact) mass is 316 g/mol. The third-order valence-corrected chi connectivity index (χ3v) is 5.66. The summed E-state index contributed by atoms with van der Waals surface area (Å²) < 4.78 is 25.6. The van der Waals surface area contributed by atoms with Crippen LogP contribution in [-0.2, 0) is 10.0 Å². The maximum absolute atomic E-state index is 12.4. The smallest absolute Gasteiger partial charge is 0.333 e. The fourth-order valence-corrected chi connectivity index (χ4v) is 4.36. The van der Waals surface area contributed by atoms with Crippen LogP contribution >= 0.6 is 22.9 Å². The van der Waals surface area contributed by atoms with Gasteiger partial charge in [0, 0.05) is 0 Å². The predicted octanol–water partition coefficient (Wildman–Crippen LogP) is 2.68. The molecule has 0 atom stereocenters. The van der Waals surface area contributed by atoms with E-state index < -0.39 is 16.1 Å². The van der Waals surface area contributed by atoms with E-state index >= 15 is 0 Å². The van der Waals surface area contributed by atoms with Crippen LogP contribution in [0.3, 0.4) is 0 Å². The van der Waals surface area contributed by atoms with Crippen LogP contribution in [0, 0.1) is 0 Å². The van der Waals surface area contributed by atoms with Gasteiger partial charge < -0.3 is 5.73 Å². The van der Waals surface area contributed by atoms with Crippen molar-refractivity contribution in [2.75, 3.05) is 4.31 Å². The van der Waals surface area contributed by atoms with Crippen LogP contribution in [0.1, 0.15) is 0 Å². The van der Waals surface area contributed by atoms with E-state index in [1.54, 1.807) is 18.2 Å². The molecule has 0 saturated heterocycles. The van der Waals surface area contributed by atoms with Crippen LogP contribution in [0.25, 0.3) is 0 Å². The molecule has 0 unspecified atom stereocenters. The molecular formula is C11H9ClN2O3S2. The van der Waals surface area contributed by atoms with Gasteiger partial charge in [-0.05, 0) is 24.3 Å². The molecule has 2 aromatic rings. The number of thiophene rings is 1. The minimum atomic E-state index is -4.04. The van der Waals surface area contributed by atoms with Crippen molar-refractivity contribution in [3.8, 4) is 0 Å². The molecule has 5 nitrogen and oxygen atoms in total. The zero-order valence-corrected chi connectivity index (χ0v) is 11.9. The standard InChI is InChI=1S/C11H9ClN2O3S2/c12-9-6-7-10(18-9)19(16,17)14(11(13)15)8-4-2-1-3-5-8/h1-7H,(H2,13,15). The molecule has 1 heterocycles. The molecule has 2 amide bonds. The molecular weight excluding hydrogens is 308 g/mol. The number of para-hydroxylation sites is 1. The number of halogens is 1. The highest BCUT2D eigenvalue weighted by atomic mass is 35.5. The summed E-state index contributed by atoms with van der Waals surface area (Å²) in [6, 6.07) is 9.61. The summed E-state index contributed by atoms with van der Waals surface area (Å²) in [7, 11) is -4.04. The number of sulfonamides is 1. The molecule has 0 aliphatic rings. The van der Waals surface area contributed by atoms with E-state index in [0.717, 1.165) is 11.3 Å². The lowest BCUT2D eigenvalue weighted by Gasteiger charge is -2.19. The second-order valence-electron chi connectivity index (χ2n) is 3.50. The summed E-state index contributed by atoms with van der Waals surface area (Å²) in [4.78, 5) is 11.5. The number of nitrogens with zero attached hydrogens (tertiary/aromatic N) is 1. The first-order valence-electron chi connectivity index (χ1n) is 5.08. The number of rotatable bonds is 3. The van der Waals surface area contributed by atoms with Gasteiger partial charge in [0.05, 0.1) is 10.0 Å². The lowest BCUT2D eigenvalue weighted by molar-refractivity contribution is 0.257. The van der Waals surface area contributed by atoms with E-state index in [1.807, 2.05) is 0 Å². The summed E-state index contributed by atoms with van der Waals surface area (Å²) in [5.74, 6) is 0. The number of carbonyl (C=O) groups is 1. The number of amides is 2. The van der Waals surface area contributed by atoms with Gasteiger partial charge in [-0.3, -0.25) is 0 Å². The van der Waals surface area contributed by atoms with Crippen molar-refractivity contribution in [1.82, 2.24) is 0 Å². The van der Waals surface area contributed by atoms with Gasteiger partial charge in [0.2, 0.25) is 0 Å². The second kappa shape index (κ2) is 5.20. The van der Waals surface area contributed by atoms with Crippen LogP contribution in [0.15, 0.2) is 46.7 Å². The quantitative estimate of drug-likeness (QED) is 0.945. The SMILES string of the molecule is NC(=O)N(c1ccccc1)S(=O)(=O)c1ccc(Cl)s1. The van der Waals surface area contributed by atoms with Crippen LogP contribution in [0.2, 0.25) is 4.34 Å². The average molecular weight is 317 g/mol. The summed E-state index contributed by atoms with van der Waals surface area (Å²) >= 11 is 6.58. The second-order valence-corrected chi connectivity index (χ2v) is 7.23. The first-order valence-corrected chi connectivity index (χ1v) is 7.71. The normalized spacial score (nSPS) is 11.2. The van der Waals surface area contributed by atoms with Crippen LogP contribution in [0.4, 0.5) is 10.5 Å². The summed E-state index contributed by atoms with van der Waals surface area (Å²) in [6.45, 7) is 0.